The summed E-state index contributed by atoms with van der Waals surface area (Å²) in [5, 5.41) is 2.66. The number of benzene rings is 1. The zero-order valence-corrected chi connectivity index (χ0v) is 11.6. The van der Waals surface area contributed by atoms with Crippen molar-refractivity contribution in [3.05, 3.63) is 53.3 Å². The van der Waals surface area contributed by atoms with Crippen LogP contribution >= 0.6 is 11.6 Å². The molecule has 0 bridgehead atoms. The molecule has 1 aromatic carbocycles. The molecule has 104 valence electrons. The number of nitrogens with one attached hydrogen (secondary N) is 1. The van der Waals surface area contributed by atoms with Crippen molar-refractivity contribution in [2.24, 2.45) is 0 Å². The molecule has 1 heterocycles. The minimum absolute atomic E-state index is 0.140. The van der Waals surface area contributed by atoms with Gasteiger partial charge in [0.15, 0.2) is 5.15 Å². The number of carbonyl (C=O) groups is 1. The van der Waals surface area contributed by atoms with E-state index in [1.165, 1.54) is 13.3 Å². The van der Waals surface area contributed by atoms with Gasteiger partial charge in [-0.1, -0.05) is 41.9 Å². The third-order valence-corrected chi connectivity index (χ3v) is 2.81. The van der Waals surface area contributed by atoms with Gasteiger partial charge in [0.05, 0.1) is 7.11 Å². The van der Waals surface area contributed by atoms with Crippen LogP contribution in [0.5, 0.6) is 5.75 Å². The Bertz CT molecular complexity index is 590. The van der Waals surface area contributed by atoms with E-state index in [9.17, 15) is 4.79 Å². The van der Waals surface area contributed by atoms with Crippen LogP contribution in [0.1, 0.15) is 5.56 Å². The third kappa shape index (κ3) is 3.61. The number of anilines is 1. The van der Waals surface area contributed by atoms with E-state index in [0.717, 1.165) is 5.56 Å². The van der Waals surface area contributed by atoms with Gasteiger partial charge in [0.25, 0.3) is 0 Å². The molecule has 0 aliphatic rings. The molecule has 2 aromatic rings. The number of aromatic nitrogens is 1. The van der Waals surface area contributed by atoms with Gasteiger partial charge < -0.3 is 9.47 Å². The van der Waals surface area contributed by atoms with Crippen molar-refractivity contribution in [2.75, 3.05) is 12.4 Å². The van der Waals surface area contributed by atoms with E-state index in [1.807, 2.05) is 30.3 Å². The lowest BCUT2D eigenvalue weighted by Gasteiger charge is -2.11. The molecule has 0 saturated heterocycles. The first kappa shape index (κ1) is 14.1. The molecule has 0 fully saturated rings. The molecule has 5 nitrogen and oxygen atoms in total. The largest absolute Gasteiger partial charge is 0.494 e. The summed E-state index contributed by atoms with van der Waals surface area (Å²) in [6.07, 6.45) is 0.865. The first-order valence-electron chi connectivity index (χ1n) is 5.87. The maximum absolute atomic E-state index is 11.7. The van der Waals surface area contributed by atoms with Crippen LogP contribution < -0.4 is 10.1 Å². The molecule has 1 aromatic heterocycles. The number of methoxy groups -OCH3 is 1. The summed E-state index contributed by atoms with van der Waals surface area (Å²) < 4.78 is 10.2. The van der Waals surface area contributed by atoms with Gasteiger partial charge in [-0.3, -0.25) is 5.32 Å². The first-order chi connectivity index (χ1) is 9.70. The van der Waals surface area contributed by atoms with E-state index in [-0.39, 0.29) is 17.4 Å². The Morgan fingerprint density at radius 1 is 1.30 bits per heavy atom. The molecular formula is C14H13ClN2O3. The van der Waals surface area contributed by atoms with Crippen molar-refractivity contribution in [3.63, 3.8) is 0 Å². The highest BCUT2D eigenvalue weighted by molar-refractivity contribution is 6.32. The minimum atomic E-state index is -0.623. The van der Waals surface area contributed by atoms with Crippen molar-refractivity contribution in [1.29, 1.82) is 0 Å². The summed E-state index contributed by atoms with van der Waals surface area (Å²) in [6, 6.07) is 11.0. The fraction of sp³-hybridized carbons (Fsp3) is 0.143. The molecule has 2 rings (SSSR count). The molecule has 1 amide bonds. The molecule has 0 spiro atoms. The van der Waals surface area contributed by atoms with Crippen LogP contribution in [0.3, 0.4) is 0 Å². The summed E-state index contributed by atoms with van der Waals surface area (Å²) in [5.74, 6) is 0.418. The molecule has 0 atom stereocenters. The van der Waals surface area contributed by atoms with Crippen LogP contribution in [0.15, 0.2) is 42.6 Å². The van der Waals surface area contributed by atoms with E-state index < -0.39 is 6.09 Å². The van der Waals surface area contributed by atoms with Gasteiger partial charge in [0.1, 0.15) is 18.0 Å². The maximum atomic E-state index is 11.7. The quantitative estimate of drug-likeness (QED) is 0.876. The third-order valence-electron chi connectivity index (χ3n) is 2.53. The molecule has 20 heavy (non-hydrogen) atoms. The van der Waals surface area contributed by atoms with E-state index in [0.29, 0.717) is 5.75 Å². The lowest BCUT2D eigenvalue weighted by Crippen LogP contribution is -2.14. The van der Waals surface area contributed by atoms with Crippen molar-refractivity contribution in [2.45, 2.75) is 6.61 Å². The van der Waals surface area contributed by atoms with Crippen LogP contribution in [0.25, 0.3) is 0 Å². The Labute approximate surface area is 121 Å². The molecular weight excluding hydrogens is 280 g/mol. The van der Waals surface area contributed by atoms with Gasteiger partial charge in [-0.2, -0.15) is 0 Å². The van der Waals surface area contributed by atoms with Crippen molar-refractivity contribution in [1.82, 2.24) is 4.98 Å². The lowest BCUT2D eigenvalue weighted by molar-refractivity contribution is 0.155. The van der Waals surface area contributed by atoms with Gasteiger partial charge >= 0.3 is 6.09 Å². The standard InChI is InChI=1S/C14H13ClN2O3/c1-19-11-7-8-16-13(15)12(11)17-14(18)20-9-10-5-3-2-4-6-10/h2-8H,9H2,1H3,(H,17,18). The van der Waals surface area contributed by atoms with Gasteiger partial charge in [-0.15, -0.1) is 0 Å². The summed E-state index contributed by atoms with van der Waals surface area (Å²) in [7, 11) is 1.48. The average molecular weight is 293 g/mol. The predicted octanol–water partition coefficient (Wildman–Crippen LogP) is 3.49. The van der Waals surface area contributed by atoms with Crippen molar-refractivity contribution >= 4 is 23.4 Å². The smallest absolute Gasteiger partial charge is 0.412 e. The summed E-state index contributed by atoms with van der Waals surface area (Å²) in [4.78, 5) is 15.6. The van der Waals surface area contributed by atoms with E-state index in [1.54, 1.807) is 6.07 Å². The zero-order chi connectivity index (χ0) is 14.4. The number of hydrogen-bond donors (Lipinski definition) is 1. The fourth-order valence-corrected chi connectivity index (χ4v) is 1.76. The number of halogens is 1. The number of rotatable bonds is 4. The fourth-order valence-electron chi connectivity index (χ4n) is 1.56. The SMILES string of the molecule is COc1ccnc(Cl)c1NC(=O)OCc1ccccc1. The maximum Gasteiger partial charge on any atom is 0.412 e. The summed E-state index contributed by atoms with van der Waals surface area (Å²) >= 11 is 5.91. The van der Waals surface area contributed by atoms with Crippen molar-refractivity contribution in [3.8, 4) is 5.75 Å². The minimum Gasteiger partial charge on any atom is -0.494 e. The Morgan fingerprint density at radius 2 is 2.05 bits per heavy atom. The highest BCUT2D eigenvalue weighted by Crippen LogP contribution is 2.30. The van der Waals surface area contributed by atoms with E-state index in [4.69, 9.17) is 21.1 Å². The Balaban J connectivity index is 1.98. The molecule has 0 aliphatic heterocycles. The number of carbonyl (C=O) groups excluding carboxylic acids is 1. The molecule has 1 N–H and O–H groups in total. The second-order valence-electron chi connectivity index (χ2n) is 3.87. The molecule has 0 unspecified atom stereocenters. The normalized spacial score (nSPS) is 9.90. The Hall–Kier alpha value is -2.27. The topological polar surface area (TPSA) is 60.5 Å². The van der Waals surface area contributed by atoms with Gasteiger partial charge in [0.2, 0.25) is 0 Å². The van der Waals surface area contributed by atoms with Gasteiger partial charge in [0, 0.05) is 12.3 Å². The number of ether oxygens (including phenoxy) is 2. The van der Waals surface area contributed by atoms with E-state index >= 15 is 0 Å². The van der Waals surface area contributed by atoms with Crippen molar-refractivity contribution < 1.29 is 14.3 Å². The number of nitrogens with zero attached hydrogens (tertiary/aromatic N) is 1. The van der Waals surface area contributed by atoms with Crippen LogP contribution in [0, 0.1) is 0 Å². The Kier molecular flexibility index (Phi) is 4.79. The Morgan fingerprint density at radius 3 is 2.75 bits per heavy atom. The average Bonchev–Trinajstić information content (AvgIpc) is 2.48. The first-order valence-corrected chi connectivity index (χ1v) is 6.24. The van der Waals surface area contributed by atoms with Gasteiger partial charge in [-0.25, -0.2) is 9.78 Å². The number of pyridine rings is 1. The van der Waals surface area contributed by atoms with Crippen LogP contribution in [0.2, 0.25) is 5.15 Å². The molecule has 6 heteroatoms. The van der Waals surface area contributed by atoms with Gasteiger partial charge in [-0.05, 0) is 5.56 Å². The molecule has 0 radical (unpaired) electrons. The molecule has 0 aliphatic carbocycles. The second-order valence-corrected chi connectivity index (χ2v) is 4.22. The van der Waals surface area contributed by atoms with E-state index in [2.05, 4.69) is 10.3 Å². The predicted molar refractivity (Wildman–Crippen MR) is 76.0 cm³/mol. The number of hydrogen-bond acceptors (Lipinski definition) is 4. The van der Waals surface area contributed by atoms with Crippen LogP contribution in [0.4, 0.5) is 10.5 Å². The van der Waals surface area contributed by atoms with Crippen LogP contribution in [-0.4, -0.2) is 18.2 Å². The molecule has 0 saturated carbocycles. The summed E-state index contributed by atoms with van der Waals surface area (Å²) in [6.45, 7) is 0.173. The monoisotopic (exact) mass is 292 g/mol. The summed E-state index contributed by atoms with van der Waals surface area (Å²) in [5.41, 5.74) is 1.18. The zero-order valence-electron chi connectivity index (χ0n) is 10.8. The van der Waals surface area contributed by atoms with Crippen LogP contribution in [-0.2, 0) is 11.3 Å². The lowest BCUT2D eigenvalue weighted by atomic mass is 10.2. The second kappa shape index (κ2) is 6.77. The highest BCUT2D eigenvalue weighted by Gasteiger charge is 2.13. The highest BCUT2D eigenvalue weighted by atomic mass is 35.5. The number of amides is 1.